The quantitative estimate of drug-likeness (QED) is 0.863. The standard InChI is InChI=1S/C14H18F2N4.2ClH/c1-19(2)13-5-3-11(4-6-13)9-17-10-12-7-8-20(18-12)14(15)16;;/h3-8,14,17H,9-10H2,1-2H3;2*1H. The molecule has 1 heterocycles. The number of aromatic nitrogens is 2. The summed E-state index contributed by atoms with van der Waals surface area (Å²) in [5.41, 5.74) is 2.89. The molecule has 0 unspecified atom stereocenters. The fourth-order valence-electron chi connectivity index (χ4n) is 1.83. The first-order chi connectivity index (χ1) is 9.56. The number of hydrogen-bond acceptors (Lipinski definition) is 3. The van der Waals surface area contributed by atoms with Crippen molar-refractivity contribution < 1.29 is 8.78 Å². The van der Waals surface area contributed by atoms with Crippen molar-refractivity contribution in [2.75, 3.05) is 19.0 Å². The highest BCUT2D eigenvalue weighted by molar-refractivity contribution is 5.85. The minimum atomic E-state index is -2.58. The number of hydrogen-bond donors (Lipinski definition) is 1. The Morgan fingerprint density at radius 3 is 2.23 bits per heavy atom. The van der Waals surface area contributed by atoms with E-state index in [1.165, 1.54) is 6.20 Å². The number of rotatable bonds is 6. The van der Waals surface area contributed by atoms with Crippen molar-refractivity contribution in [3.8, 4) is 0 Å². The molecule has 0 bridgehead atoms. The lowest BCUT2D eigenvalue weighted by molar-refractivity contribution is 0.0561. The number of alkyl halides is 2. The van der Waals surface area contributed by atoms with E-state index >= 15 is 0 Å². The Morgan fingerprint density at radius 2 is 1.73 bits per heavy atom. The Hall–Kier alpha value is -1.37. The number of nitrogens with one attached hydrogen (secondary N) is 1. The van der Waals surface area contributed by atoms with Gasteiger partial charge in [-0.15, -0.1) is 24.8 Å². The molecule has 0 atom stereocenters. The van der Waals surface area contributed by atoms with Gasteiger partial charge in [0.25, 0.3) is 0 Å². The molecule has 2 rings (SSSR count). The van der Waals surface area contributed by atoms with E-state index in [1.54, 1.807) is 6.07 Å². The summed E-state index contributed by atoms with van der Waals surface area (Å²) in [4.78, 5) is 2.04. The number of anilines is 1. The molecule has 0 fully saturated rings. The Balaban J connectivity index is 0.00000220. The van der Waals surface area contributed by atoms with E-state index in [9.17, 15) is 8.78 Å². The molecule has 22 heavy (non-hydrogen) atoms. The molecule has 0 saturated carbocycles. The first-order valence-electron chi connectivity index (χ1n) is 6.35. The van der Waals surface area contributed by atoms with Gasteiger partial charge in [-0.2, -0.15) is 13.9 Å². The third-order valence-electron chi connectivity index (χ3n) is 2.95. The van der Waals surface area contributed by atoms with Gasteiger partial charge in [-0.25, -0.2) is 4.68 Å². The summed E-state index contributed by atoms with van der Waals surface area (Å²) in [7, 11) is 3.99. The monoisotopic (exact) mass is 352 g/mol. The lowest BCUT2D eigenvalue weighted by atomic mass is 10.2. The van der Waals surface area contributed by atoms with E-state index in [-0.39, 0.29) is 24.8 Å². The van der Waals surface area contributed by atoms with E-state index in [2.05, 4.69) is 10.4 Å². The van der Waals surface area contributed by atoms with Crippen LogP contribution in [0.3, 0.4) is 0 Å². The predicted octanol–water partition coefficient (Wildman–Crippen LogP) is 3.48. The van der Waals surface area contributed by atoms with Crippen LogP contribution in [0.25, 0.3) is 0 Å². The summed E-state index contributed by atoms with van der Waals surface area (Å²) in [6.45, 7) is -1.44. The summed E-state index contributed by atoms with van der Waals surface area (Å²) in [6.07, 6.45) is 1.29. The summed E-state index contributed by atoms with van der Waals surface area (Å²) in [5, 5.41) is 6.96. The van der Waals surface area contributed by atoms with Crippen molar-refractivity contribution in [3.05, 3.63) is 47.8 Å². The molecule has 0 amide bonds. The summed E-state index contributed by atoms with van der Waals surface area (Å²) in [6, 6.07) is 9.76. The zero-order chi connectivity index (χ0) is 14.5. The molecule has 1 aromatic heterocycles. The van der Waals surface area contributed by atoms with Gasteiger partial charge in [-0.3, -0.25) is 0 Å². The van der Waals surface area contributed by atoms with Crippen molar-refractivity contribution in [1.82, 2.24) is 15.1 Å². The largest absolute Gasteiger partial charge is 0.378 e. The van der Waals surface area contributed by atoms with Gasteiger partial charge in [0.05, 0.1) is 5.69 Å². The molecule has 8 heteroatoms. The normalized spacial score (nSPS) is 10.0. The van der Waals surface area contributed by atoms with Crippen LogP contribution in [0.4, 0.5) is 14.5 Å². The molecular formula is C14H20Cl2F2N4. The van der Waals surface area contributed by atoms with Gasteiger partial charge in [0, 0.05) is 39.1 Å². The fraction of sp³-hybridized carbons (Fsp3) is 0.357. The highest BCUT2D eigenvalue weighted by atomic mass is 35.5. The van der Waals surface area contributed by atoms with Crippen LogP contribution in [-0.2, 0) is 13.1 Å². The third kappa shape index (κ3) is 5.79. The Labute approximate surface area is 141 Å². The average Bonchev–Trinajstić information content (AvgIpc) is 2.88. The predicted molar refractivity (Wildman–Crippen MR) is 89.3 cm³/mol. The van der Waals surface area contributed by atoms with Gasteiger partial charge in [0.2, 0.25) is 0 Å². The molecule has 0 aliphatic carbocycles. The molecule has 0 aliphatic heterocycles. The van der Waals surface area contributed by atoms with Gasteiger partial charge in [-0.1, -0.05) is 12.1 Å². The summed E-state index contributed by atoms with van der Waals surface area (Å²) in [5.74, 6) is 0. The number of nitrogens with zero attached hydrogens (tertiary/aromatic N) is 3. The summed E-state index contributed by atoms with van der Waals surface area (Å²) >= 11 is 0. The van der Waals surface area contributed by atoms with E-state index in [0.717, 1.165) is 11.3 Å². The van der Waals surface area contributed by atoms with Crippen molar-refractivity contribution in [1.29, 1.82) is 0 Å². The van der Waals surface area contributed by atoms with E-state index in [4.69, 9.17) is 0 Å². The van der Waals surface area contributed by atoms with E-state index < -0.39 is 6.55 Å². The molecule has 2 aromatic rings. The zero-order valence-electron chi connectivity index (χ0n) is 12.4. The van der Waals surface area contributed by atoms with Gasteiger partial charge in [0.1, 0.15) is 0 Å². The van der Waals surface area contributed by atoms with Crippen LogP contribution in [0, 0.1) is 0 Å². The van der Waals surface area contributed by atoms with Gasteiger partial charge in [-0.05, 0) is 23.8 Å². The van der Waals surface area contributed by atoms with Crippen molar-refractivity contribution >= 4 is 30.5 Å². The fourth-order valence-corrected chi connectivity index (χ4v) is 1.83. The van der Waals surface area contributed by atoms with Crippen LogP contribution in [0.1, 0.15) is 17.8 Å². The molecule has 0 saturated heterocycles. The second-order valence-electron chi connectivity index (χ2n) is 4.73. The highest BCUT2D eigenvalue weighted by Crippen LogP contribution is 2.12. The molecule has 4 nitrogen and oxygen atoms in total. The second kappa shape index (κ2) is 9.61. The smallest absolute Gasteiger partial charge is 0.333 e. The lowest BCUT2D eigenvalue weighted by Crippen LogP contribution is -2.14. The molecule has 0 aliphatic rings. The average molecular weight is 353 g/mol. The molecule has 1 aromatic carbocycles. The SMILES string of the molecule is CN(C)c1ccc(CNCc2ccn(C(F)F)n2)cc1.Cl.Cl. The van der Waals surface area contributed by atoms with Crippen molar-refractivity contribution in [2.24, 2.45) is 0 Å². The number of benzene rings is 1. The van der Waals surface area contributed by atoms with Crippen LogP contribution in [-0.4, -0.2) is 23.9 Å². The number of halogens is 4. The maximum Gasteiger partial charge on any atom is 0.333 e. The lowest BCUT2D eigenvalue weighted by Gasteiger charge is -2.12. The molecule has 0 radical (unpaired) electrons. The molecule has 0 spiro atoms. The van der Waals surface area contributed by atoms with E-state index in [1.807, 2.05) is 43.3 Å². The van der Waals surface area contributed by atoms with Gasteiger partial charge >= 0.3 is 6.55 Å². The topological polar surface area (TPSA) is 33.1 Å². The first kappa shape index (κ1) is 20.6. The molecular weight excluding hydrogens is 333 g/mol. The maximum atomic E-state index is 12.3. The molecule has 1 N–H and O–H groups in total. The molecule has 124 valence electrons. The van der Waals surface area contributed by atoms with Crippen LogP contribution < -0.4 is 10.2 Å². The Bertz CT molecular complexity index is 544. The second-order valence-corrected chi connectivity index (χ2v) is 4.73. The maximum absolute atomic E-state index is 12.3. The van der Waals surface area contributed by atoms with Crippen molar-refractivity contribution in [3.63, 3.8) is 0 Å². The van der Waals surface area contributed by atoms with E-state index in [0.29, 0.717) is 23.5 Å². The zero-order valence-corrected chi connectivity index (χ0v) is 14.0. The summed E-state index contributed by atoms with van der Waals surface area (Å²) < 4.78 is 25.3. The Kier molecular flexibility index (Phi) is 9.01. The van der Waals surface area contributed by atoms with Gasteiger partial charge < -0.3 is 10.2 Å². The van der Waals surface area contributed by atoms with Crippen LogP contribution in [0.15, 0.2) is 36.5 Å². The first-order valence-corrected chi connectivity index (χ1v) is 6.35. The van der Waals surface area contributed by atoms with Crippen LogP contribution >= 0.6 is 24.8 Å². The van der Waals surface area contributed by atoms with Crippen LogP contribution in [0.5, 0.6) is 0 Å². The van der Waals surface area contributed by atoms with Gasteiger partial charge in [0.15, 0.2) is 0 Å². The Morgan fingerprint density at radius 1 is 1.09 bits per heavy atom. The highest BCUT2D eigenvalue weighted by Gasteiger charge is 2.06. The minimum absolute atomic E-state index is 0. The van der Waals surface area contributed by atoms with Crippen LogP contribution in [0.2, 0.25) is 0 Å². The van der Waals surface area contributed by atoms with Crippen molar-refractivity contribution in [2.45, 2.75) is 19.6 Å². The third-order valence-corrected chi connectivity index (χ3v) is 2.95. The minimum Gasteiger partial charge on any atom is -0.378 e.